The number of hydrogen-bond acceptors (Lipinski definition) is 5. The molecule has 2 atom stereocenters. The monoisotopic (exact) mass is 257 g/mol. The zero-order valence-electron chi connectivity index (χ0n) is 10.8. The van der Waals surface area contributed by atoms with Crippen molar-refractivity contribution in [3.63, 3.8) is 0 Å². The van der Waals surface area contributed by atoms with Crippen molar-refractivity contribution in [3.05, 3.63) is 24.2 Å². The van der Waals surface area contributed by atoms with Crippen LogP contribution in [0, 0.1) is 5.92 Å². The van der Waals surface area contributed by atoms with Crippen molar-refractivity contribution in [1.29, 1.82) is 0 Å². The average Bonchev–Trinajstić information content (AvgIpc) is 2.82. The summed E-state index contributed by atoms with van der Waals surface area (Å²) < 4.78 is 10.4. The SMILES string of the molecule is CC(CCO)CNCC(O)COCc1ccco1. The van der Waals surface area contributed by atoms with Crippen molar-refractivity contribution < 1.29 is 19.4 Å². The summed E-state index contributed by atoms with van der Waals surface area (Å²) in [5.41, 5.74) is 0. The molecule has 0 radical (unpaired) electrons. The van der Waals surface area contributed by atoms with Gasteiger partial charge in [-0.05, 0) is 31.0 Å². The maximum absolute atomic E-state index is 9.65. The molecule has 1 heterocycles. The summed E-state index contributed by atoms with van der Waals surface area (Å²) in [5.74, 6) is 1.16. The topological polar surface area (TPSA) is 74.9 Å². The first-order valence-electron chi connectivity index (χ1n) is 6.32. The summed E-state index contributed by atoms with van der Waals surface area (Å²) in [6.45, 7) is 4.21. The molecule has 0 aliphatic rings. The quantitative estimate of drug-likeness (QED) is 0.577. The lowest BCUT2D eigenvalue weighted by molar-refractivity contribution is 0.0223. The first-order chi connectivity index (χ1) is 8.72. The molecule has 0 saturated heterocycles. The third-order valence-corrected chi connectivity index (χ3v) is 2.63. The second kappa shape index (κ2) is 9.10. The van der Waals surface area contributed by atoms with Crippen molar-refractivity contribution in [2.45, 2.75) is 26.1 Å². The second-order valence-corrected chi connectivity index (χ2v) is 4.52. The van der Waals surface area contributed by atoms with Gasteiger partial charge in [-0.3, -0.25) is 0 Å². The molecule has 1 aromatic rings. The Morgan fingerprint density at radius 2 is 2.28 bits per heavy atom. The van der Waals surface area contributed by atoms with Crippen LogP contribution in [-0.2, 0) is 11.3 Å². The summed E-state index contributed by atoms with van der Waals surface area (Å²) in [7, 11) is 0. The largest absolute Gasteiger partial charge is 0.467 e. The van der Waals surface area contributed by atoms with Crippen molar-refractivity contribution in [2.75, 3.05) is 26.3 Å². The summed E-state index contributed by atoms with van der Waals surface area (Å²) in [6.07, 6.45) is 1.85. The Balaban J connectivity index is 1.98. The highest BCUT2D eigenvalue weighted by Crippen LogP contribution is 2.02. The van der Waals surface area contributed by atoms with E-state index >= 15 is 0 Å². The molecular weight excluding hydrogens is 234 g/mol. The van der Waals surface area contributed by atoms with E-state index in [1.165, 1.54) is 0 Å². The lowest BCUT2D eigenvalue weighted by Gasteiger charge is -2.14. The van der Waals surface area contributed by atoms with Gasteiger partial charge in [-0.1, -0.05) is 6.92 Å². The Kier molecular flexibility index (Phi) is 7.68. The molecule has 1 aromatic heterocycles. The number of furan rings is 1. The van der Waals surface area contributed by atoms with Crippen LogP contribution in [0.3, 0.4) is 0 Å². The van der Waals surface area contributed by atoms with Crippen molar-refractivity contribution >= 4 is 0 Å². The standard InChI is InChI=1S/C13H23NO4/c1-11(4-5-15)7-14-8-12(16)9-17-10-13-3-2-6-18-13/h2-3,6,11-12,14-16H,4-5,7-10H2,1H3. The fourth-order valence-corrected chi connectivity index (χ4v) is 1.57. The molecule has 0 aliphatic carbocycles. The molecule has 5 nitrogen and oxygen atoms in total. The Hall–Kier alpha value is -0.880. The van der Waals surface area contributed by atoms with Crippen molar-refractivity contribution in [3.8, 4) is 0 Å². The molecule has 18 heavy (non-hydrogen) atoms. The second-order valence-electron chi connectivity index (χ2n) is 4.52. The molecule has 0 amide bonds. The van der Waals surface area contributed by atoms with Gasteiger partial charge in [-0.2, -0.15) is 0 Å². The smallest absolute Gasteiger partial charge is 0.129 e. The molecule has 2 unspecified atom stereocenters. The van der Waals surface area contributed by atoms with E-state index in [-0.39, 0.29) is 13.2 Å². The molecule has 0 fully saturated rings. The van der Waals surface area contributed by atoms with Crippen LogP contribution in [0.4, 0.5) is 0 Å². The van der Waals surface area contributed by atoms with Gasteiger partial charge in [-0.15, -0.1) is 0 Å². The van der Waals surface area contributed by atoms with Gasteiger partial charge in [0.1, 0.15) is 12.4 Å². The third kappa shape index (κ3) is 6.76. The molecule has 0 saturated carbocycles. The van der Waals surface area contributed by atoms with Gasteiger partial charge >= 0.3 is 0 Å². The lowest BCUT2D eigenvalue weighted by atomic mass is 10.1. The van der Waals surface area contributed by atoms with Crippen molar-refractivity contribution in [1.82, 2.24) is 5.32 Å². The predicted octanol–water partition coefficient (Wildman–Crippen LogP) is 0.765. The van der Waals surface area contributed by atoms with Gasteiger partial charge in [0.15, 0.2) is 0 Å². The number of ether oxygens (including phenoxy) is 1. The summed E-state index contributed by atoms with van der Waals surface area (Å²) in [6, 6.07) is 3.64. The number of aliphatic hydroxyl groups is 2. The molecule has 0 bridgehead atoms. The molecule has 104 valence electrons. The van der Waals surface area contributed by atoms with Gasteiger partial charge < -0.3 is 24.7 Å². The van der Waals surface area contributed by atoms with Crippen LogP contribution in [-0.4, -0.2) is 42.6 Å². The van der Waals surface area contributed by atoms with Crippen molar-refractivity contribution in [2.24, 2.45) is 5.92 Å². The van der Waals surface area contributed by atoms with E-state index < -0.39 is 6.10 Å². The highest BCUT2D eigenvalue weighted by atomic mass is 16.5. The van der Waals surface area contributed by atoms with Crippen LogP contribution in [0.5, 0.6) is 0 Å². The molecule has 3 N–H and O–H groups in total. The van der Waals surface area contributed by atoms with Crippen LogP contribution in [0.1, 0.15) is 19.1 Å². The molecular formula is C13H23NO4. The van der Waals surface area contributed by atoms with Crippen LogP contribution in [0.15, 0.2) is 22.8 Å². The number of rotatable bonds is 10. The Morgan fingerprint density at radius 1 is 1.44 bits per heavy atom. The predicted molar refractivity (Wildman–Crippen MR) is 68.1 cm³/mol. The zero-order chi connectivity index (χ0) is 13.2. The number of aliphatic hydroxyl groups excluding tert-OH is 2. The van der Waals surface area contributed by atoms with Gasteiger partial charge in [0.05, 0.1) is 19.0 Å². The van der Waals surface area contributed by atoms with E-state index in [0.29, 0.717) is 19.1 Å². The first-order valence-corrected chi connectivity index (χ1v) is 6.32. The lowest BCUT2D eigenvalue weighted by Crippen LogP contribution is -2.33. The van der Waals surface area contributed by atoms with E-state index in [1.54, 1.807) is 12.3 Å². The Bertz CT molecular complexity index is 289. The van der Waals surface area contributed by atoms with E-state index in [2.05, 4.69) is 12.2 Å². The van der Waals surface area contributed by atoms with Gasteiger partial charge in [0.2, 0.25) is 0 Å². The first kappa shape index (κ1) is 15.2. The van der Waals surface area contributed by atoms with E-state index in [0.717, 1.165) is 18.7 Å². The summed E-state index contributed by atoms with van der Waals surface area (Å²) in [5, 5.41) is 21.5. The van der Waals surface area contributed by atoms with Gasteiger partial charge in [0, 0.05) is 13.2 Å². The zero-order valence-corrected chi connectivity index (χ0v) is 10.8. The van der Waals surface area contributed by atoms with E-state index in [9.17, 15) is 5.11 Å². The highest BCUT2D eigenvalue weighted by Gasteiger charge is 2.06. The van der Waals surface area contributed by atoms with Gasteiger partial charge in [-0.25, -0.2) is 0 Å². The molecule has 1 rings (SSSR count). The highest BCUT2D eigenvalue weighted by molar-refractivity contribution is 4.96. The molecule has 5 heteroatoms. The van der Waals surface area contributed by atoms with Crippen LogP contribution < -0.4 is 5.32 Å². The fourth-order valence-electron chi connectivity index (χ4n) is 1.57. The number of nitrogens with one attached hydrogen (secondary N) is 1. The third-order valence-electron chi connectivity index (χ3n) is 2.63. The minimum absolute atomic E-state index is 0.206. The van der Waals surface area contributed by atoms with Crippen LogP contribution in [0.2, 0.25) is 0 Å². The average molecular weight is 257 g/mol. The Morgan fingerprint density at radius 3 is 2.94 bits per heavy atom. The summed E-state index contributed by atoms with van der Waals surface area (Å²) >= 11 is 0. The normalized spacial score (nSPS) is 14.6. The maximum Gasteiger partial charge on any atom is 0.129 e. The van der Waals surface area contributed by atoms with Gasteiger partial charge in [0.25, 0.3) is 0 Å². The van der Waals surface area contributed by atoms with Crippen LogP contribution in [0.25, 0.3) is 0 Å². The maximum atomic E-state index is 9.65. The minimum Gasteiger partial charge on any atom is -0.467 e. The Labute approximate surface area is 108 Å². The minimum atomic E-state index is -0.527. The molecule has 0 aliphatic heterocycles. The summed E-state index contributed by atoms with van der Waals surface area (Å²) in [4.78, 5) is 0. The molecule has 0 aromatic carbocycles. The van der Waals surface area contributed by atoms with Crippen LogP contribution >= 0.6 is 0 Å². The fraction of sp³-hybridized carbons (Fsp3) is 0.692. The van der Waals surface area contributed by atoms with E-state index in [4.69, 9.17) is 14.3 Å². The molecule has 0 spiro atoms. The number of hydrogen-bond donors (Lipinski definition) is 3. The van der Waals surface area contributed by atoms with E-state index in [1.807, 2.05) is 6.07 Å².